The van der Waals surface area contributed by atoms with Gasteiger partial charge in [-0.15, -0.1) is 0 Å². The van der Waals surface area contributed by atoms with Gasteiger partial charge in [0.2, 0.25) is 5.69 Å². The Balaban J connectivity index is 2.08. The van der Waals surface area contributed by atoms with E-state index in [-0.39, 0.29) is 0 Å². The topological polar surface area (TPSA) is 95.2 Å². The van der Waals surface area contributed by atoms with Gasteiger partial charge in [-0.1, -0.05) is 29.3 Å². The molecule has 0 spiro atoms. The van der Waals surface area contributed by atoms with Crippen molar-refractivity contribution in [1.29, 1.82) is 0 Å². The number of hydrogen-bond acceptors (Lipinski definition) is 5. The minimum atomic E-state index is -0.805. The molecule has 0 fully saturated rings. The highest BCUT2D eigenvalue weighted by molar-refractivity contribution is 6.31. The number of carbonyl (C=O) groups is 1. The van der Waals surface area contributed by atoms with E-state index < -0.39 is 22.9 Å². The summed E-state index contributed by atoms with van der Waals surface area (Å²) in [6, 6.07) is 10.2. The Bertz CT molecular complexity index is 1210. The smallest absolute Gasteiger partial charge is 0.351 e. The molecule has 0 saturated carbocycles. The van der Waals surface area contributed by atoms with Gasteiger partial charge in [0.15, 0.2) is 0 Å². The fourth-order valence-electron chi connectivity index (χ4n) is 2.68. The third-order valence-corrected chi connectivity index (χ3v) is 4.81. The fraction of sp³-hybridized carbons (Fsp3) is 0.200. The van der Waals surface area contributed by atoms with Crippen molar-refractivity contribution in [2.75, 3.05) is 12.4 Å². The molecular weight excluding hydrogens is 396 g/mol. The largest absolute Gasteiger partial charge is 0.495 e. The number of nitrogens with one attached hydrogen (secondary N) is 1. The lowest BCUT2D eigenvalue weighted by molar-refractivity contribution is 0.101. The van der Waals surface area contributed by atoms with Gasteiger partial charge in [0.25, 0.3) is 11.5 Å². The summed E-state index contributed by atoms with van der Waals surface area (Å²) < 4.78 is 7.09. The van der Waals surface area contributed by atoms with Gasteiger partial charge in [-0.25, -0.2) is 4.79 Å². The standard InChI is InChI=1S/C20H19ClN4O4/c1-11-5-7-13(8-6-11)25-20(28)24(3)19(27)17(23-25)18(26)22-15-9-12(2)14(21)10-16(15)29-4/h5-10H,1-4H3,(H,22,26). The quantitative estimate of drug-likeness (QED) is 0.707. The van der Waals surface area contributed by atoms with Crippen molar-refractivity contribution >= 4 is 23.2 Å². The lowest BCUT2D eigenvalue weighted by atomic mass is 10.2. The Morgan fingerprint density at radius 1 is 1.14 bits per heavy atom. The Hall–Kier alpha value is -3.39. The van der Waals surface area contributed by atoms with Crippen LogP contribution in [0, 0.1) is 13.8 Å². The molecule has 1 amide bonds. The second kappa shape index (κ2) is 7.92. The minimum absolute atomic E-state index is 0.330. The minimum Gasteiger partial charge on any atom is -0.495 e. The monoisotopic (exact) mass is 414 g/mol. The van der Waals surface area contributed by atoms with E-state index in [0.29, 0.717) is 27.7 Å². The molecule has 29 heavy (non-hydrogen) atoms. The van der Waals surface area contributed by atoms with E-state index in [1.165, 1.54) is 14.2 Å². The molecule has 0 aliphatic rings. The molecule has 150 valence electrons. The number of anilines is 1. The number of rotatable bonds is 4. The molecule has 0 radical (unpaired) electrons. The highest BCUT2D eigenvalue weighted by Crippen LogP contribution is 2.31. The molecular formula is C20H19ClN4O4. The van der Waals surface area contributed by atoms with Crippen molar-refractivity contribution in [2.24, 2.45) is 7.05 Å². The maximum absolute atomic E-state index is 12.8. The van der Waals surface area contributed by atoms with Gasteiger partial charge in [-0.2, -0.15) is 9.78 Å². The number of aromatic nitrogens is 3. The molecule has 0 unspecified atom stereocenters. The van der Waals surface area contributed by atoms with Crippen molar-refractivity contribution in [2.45, 2.75) is 13.8 Å². The number of aryl methyl sites for hydroxylation is 2. The summed E-state index contributed by atoms with van der Waals surface area (Å²) in [5, 5.41) is 7.10. The Morgan fingerprint density at radius 2 is 1.79 bits per heavy atom. The number of ether oxygens (including phenoxy) is 1. The van der Waals surface area contributed by atoms with Crippen molar-refractivity contribution in [1.82, 2.24) is 14.3 Å². The van der Waals surface area contributed by atoms with E-state index in [4.69, 9.17) is 16.3 Å². The number of carbonyl (C=O) groups excluding carboxylic acids is 1. The maximum atomic E-state index is 12.8. The van der Waals surface area contributed by atoms with Crippen LogP contribution in [0.3, 0.4) is 0 Å². The Morgan fingerprint density at radius 3 is 2.41 bits per heavy atom. The van der Waals surface area contributed by atoms with Gasteiger partial charge in [0, 0.05) is 18.1 Å². The SMILES string of the molecule is COc1cc(Cl)c(C)cc1NC(=O)c1nn(-c2ccc(C)cc2)c(=O)n(C)c1=O. The van der Waals surface area contributed by atoms with Crippen LogP contribution in [-0.4, -0.2) is 27.4 Å². The van der Waals surface area contributed by atoms with Gasteiger partial charge in [-0.3, -0.25) is 14.2 Å². The number of amides is 1. The zero-order valence-corrected chi connectivity index (χ0v) is 17.1. The van der Waals surface area contributed by atoms with Gasteiger partial charge >= 0.3 is 5.69 Å². The molecule has 1 aromatic heterocycles. The molecule has 0 bridgehead atoms. The Labute approximate surface area is 171 Å². The number of methoxy groups -OCH3 is 1. The summed E-state index contributed by atoms with van der Waals surface area (Å²) in [5.41, 5.74) is 0.586. The van der Waals surface area contributed by atoms with Crippen LogP contribution < -0.4 is 21.3 Å². The third-order valence-electron chi connectivity index (χ3n) is 4.40. The summed E-state index contributed by atoms with van der Waals surface area (Å²) in [6.45, 7) is 3.67. The predicted octanol–water partition coefficient (Wildman–Crippen LogP) is 2.46. The summed E-state index contributed by atoms with van der Waals surface area (Å²) in [7, 11) is 2.73. The highest BCUT2D eigenvalue weighted by atomic mass is 35.5. The van der Waals surface area contributed by atoms with E-state index in [2.05, 4.69) is 10.4 Å². The normalized spacial score (nSPS) is 10.7. The molecule has 1 N–H and O–H groups in total. The Kier molecular flexibility index (Phi) is 5.56. The molecule has 9 heteroatoms. The maximum Gasteiger partial charge on any atom is 0.351 e. The van der Waals surface area contributed by atoms with Gasteiger partial charge in [0.1, 0.15) is 5.75 Å². The number of hydrogen-bond donors (Lipinski definition) is 1. The first-order valence-electron chi connectivity index (χ1n) is 8.66. The zero-order chi connectivity index (χ0) is 21.3. The second-order valence-electron chi connectivity index (χ2n) is 6.50. The van der Waals surface area contributed by atoms with Crippen LogP contribution in [0.5, 0.6) is 5.75 Å². The molecule has 8 nitrogen and oxygen atoms in total. The van der Waals surface area contributed by atoms with E-state index in [1.54, 1.807) is 43.3 Å². The molecule has 0 aliphatic heterocycles. The zero-order valence-electron chi connectivity index (χ0n) is 16.3. The van der Waals surface area contributed by atoms with Gasteiger partial charge in [-0.05, 0) is 37.6 Å². The number of nitrogens with zero attached hydrogens (tertiary/aromatic N) is 3. The molecule has 2 aromatic carbocycles. The lowest BCUT2D eigenvalue weighted by Crippen LogP contribution is -2.43. The van der Waals surface area contributed by atoms with Crippen LogP contribution >= 0.6 is 11.6 Å². The summed E-state index contributed by atoms with van der Waals surface area (Å²) >= 11 is 6.08. The average Bonchev–Trinajstić information content (AvgIpc) is 2.69. The molecule has 0 saturated heterocycles. The number of benzene rings is 2. The third kappa shape index (κ3) is 3.93. The van der Waals surface area contributed by atoms with Crippen molar-refractivity contribution in [3.05, 3.63) is 79.1 Å². The molecule has 1 heterocycles. The molecule has 3 rings (SSSR count). The van der Waals surface area contributed by atoms with Crippen molar-refractivity contribution in [3.8, 4) is 11.4 Å². The average molecular weight is 415 g/mol. The molecule has 3 aromatic rings. The van der Waals surface area contributed by atoms with E-state index >= 15 is 0 Å². The van der Waals surface area contributed by atoms with E-state index in [9.17, 15) is 14.4 Å². The van der Waals surface area contributed by atoms with Gasteiger partial charge in [0.05, 0.1) is 18.5 Å². The summed E-state index contributed by atoms with van der Waals surface area (Å²) in [5.74, 6) is -0.441. The van der Waals surface area contributed by atoms with E-state index in [1.807, 2.05) is 6.92 Å². The van der Waals surface area contributed by atoms with Crippen LogP contribution in [0.4, 0.5) is 5.69 Å². The van der Waals surface area contributed by atoms with Crippen LogP contribution in [0.15, 0.2) is 46.0 Å². The molecule has 0 atom stereocenters. The highest BCUT2D eigenvalue weighted by Gasteiger charge is 2.20. The second-order valence-corrected chi connectivity index (χ2v) is 6.91. The van der Waals surface area contributed by atoms with Crippen LogP contribution in [0.1, 0.15) is 21.6 Å². The van der Waals surface area contributed by atoms with Crippen molar-refractivity contribution < 1.29 is 9.53 Å². The van der Waals surface area contributed by atoms with Crippen LogP contribution in [-0.2, 0) is 7.05 Å². The predicted molar refractivity (Wildman–Crippen MR) is 111 cm³/mol. The first-order valence-corrected chi connectivity index (χ1v) is 9.03. The first-order chi connectivity index (χ1) is 13.7. The molecule has 0 aliphatic carbocycles. The lowest BCUT2D eigenvalue weighted by Gasteiger charge is -2.13. The number of halogens is 1. The fourth-order valence-corrected chi connectivity index (χ4v) is 2.84. The van der Waals surface area contributed by atoms with Gasteiger partial charge < -0.3 is 10.1 Å². The van der Waals surface area contributed by atoms with E-state index in [0.717, 1.165) is 14.8 Å². The van der Waals surface area contributed by atoms with Crippen molar-refractivity contribution in [3.63, 3.8) is 0 Å². The van der Waals surface area contributed by atoms with Crippen LogP contribution in [0.25, 0.3) is 5.69 Å². The summed E-state index contributed by atoms with van der Waals surface area (Å²) in [6.07, 6.45) is 0. The first kappa shape index (κ1) is 20.3. The summed E-state index contributed by atoms with van der Waals surface area (Å²) in [4.78, 5) is 37.8. The van der Waals surface area contributed by atoms with Crippen LogP contribution in [0.2, 0.25) is 5.02 Å².